The molecule has 4 amide bonds. The van der Waals surface area contributed by atoms with Gasteiger partial charge < -0.3 is 24.6 Å². The Bertz CT molecular complexity index is 1690. The minimum Gasteiger partial charge on any atom is -0.415 e. The number of carbonyl (C=O) groups excluding carboxylic acids is 4. The standard InChI is InChI=1S/C33H40N6O5Si/c1-33(2,3)45(4,5)44-20-24(37-30(41)27-19-34-21-35-27)13-16-38-15-12-22-10-11-23(18-28(22)38)36-29(40)14-17-39-31(42)25-8-6-7-9-26(25)32(39)43/h6-12,15,18-19,21,24H,13-14,16-17,20H2,1-5H3,(H,34,35)(H,36,40)(H,37,41)/t24-/m1/s1. The predicted octanol–water partition coefficient (Wildman–Crippen LogP) is 5.20. The normalized spacial score (nSPS) is 14.1. The summed E-state index contributed by atoms with van der Waals surface area (Å²) in [6.45, 7) is 11.9. The number of imidazole rings is 1. The molecule has 12 heteroatoms. The van der Waals surface area contributed by atoms with E-state index in [1.165, 1.54) is 6.33 Å². The number of rotatable bonds is 12. The van der Waals surface area contributed by atoms with Gasteiger partial charge in [-0.1, -0.05) is 39.0 Å². The van der Waals surface area contributed by atoms with Gasteiger partial charge in [0.2, 0.25) is 5.91 Å². The molecular weight excluding hydrogens is 588 g/mol. The predicted molar refractivity (Wildman–Crippen MR) is 175 cm³/mol. The first-order valence-electron chi connectivity index (χ1n) is 15.1. The number of aryl methyl sites for hydroxylation is 1. The zero-order chi connectivity index (χ0) is 32.4. The number of benzene rings is 2. The minimum absolute atomic E-state index is 0.000859. The van der Waals surface area contributed by atoms with Gasteiger partial charge in [0.05, 0.1) is 35.6 Å². The first-order chi connectivity index (χ1) is 21.3. The summed E-state index contributed by atoms with van der Waals surface area (Å²) in [7, 11) is -2.05. The molecule has 3 N–H and O–H groups in total. The molecule has 0 saturated carbocycles. The van der Waals surface area contributed by atoms with Crippen LogP contribution in [0.4, 0.5) is 5.69 Å². The molecule has 236 valence electrons. The van der Waals surface area contributed by atoms with Crippen molar-refractivity contribution >= 4 is 48.5 Å². The quantitative estimate of drug-likeness (QED) is 0.146. The number of fused-ring (bicyclic) bond motifs is 2. The van der Waals surface area contributed by atoms with Gasteiger partial charge in [-0.3, -0.25) is 24.1 Å². The van der Waals surface area contributed by atoms with E-state index < -0.39 is 8.32 Å². The number of aromatic amines is 1. The first kappa shape index (κ1) is 31.9. The molecule has 0 bridgehead atoms. The van der Waals surface area contributed by atoms with Crippen LogP contribution in [0.25, 0.3) is 10.9 Å². The minimum atomic E-state index is -2.05. The zero-order valence-electron chi connectivity index (χ0n) is 26.3. The second-order valence-corrected chi connectivity index (χ2v) is 17.7. The summed E-state index contributed by atoms with van der Waals surface area (Å²) in [6.07, 6.45) is 5.63. The van der Waals surface area contributed by atoms with E-state index in [9.17, 15) is 19.2 Å². The Labute approximate surface area is 263 Å². The van der Waals surface area contributed by atoms with Crippen LogP contribution in [0.2, 0.25) is 18.1 Å². The number of carbonyl (C=O) groups is 4. The average Bonchev–Trinajstić information content (AvgIpc) is 3.73. The molecule has 1 aliphatic heterocycles. The van der Waals surface area contributed by atoms with Crippen LogP contribution < -0.4 is 10.6 Å². The topological polar surface area (TPSA) is 138 Å². The highest BCUT2D eigenvalue weighted by molar-refractivity contribution is 6.74. The fourth-order valence-electron chi connectivity index (χ4n) is 5.00. The number of aromatic nitrogens is 3. The number of nitrogens with one attached hydrogen (secondary N) is 3. The van der Waals surface area contributed by atoms with Crippen molar-refractivity contribution in [1.29, 1.82) is 0 Å². The number of amides is 4. The molecule has 2 aromatic heterocycles. The average molecular weight is 629 g/mol. The van der Waals surface area contributed by atoms with Crippen molar-refractivity contribution in [3.05, 3.63) is 84.1 Å². The highest BCUT2D eigenvalue weighted by Crippen LogP contribution is 2.36. The van der Waals surface area contributed by atoms with Crippen molar-refractivity contribution < 1.29 is 23.6 Å². The summed E-state index contributed by atoms with van der Waals surface area (Å²) >= 11 is 0. The van der Waals surface area contributed by atoms with Gasteiger partial charge in [-0.2, -0.15) is 0 Å². The van der Waals surface area contributed by atoms with Crippen LogP contribution in [0.5, 0.6) is 0 Å². The lowest BCUT2D eigenvalue weighted by molar-refractivity contribution is -0.116. The van der Waals surface area contributed by atoms with Gasteiger partial charge in [0.1, 0.15) is 5.69 Å². The van der Waals surface area contributed by atoms with Gasteiger partial charge in [0, 0.05) is 37.6 Å². The van der Waals surface area contributed by atoms with Gasteiger partial charge >= 0.3 is 0 Å². The van der Waals surface area contributed by atoms with Crippen molar-refractivity contribution in [1.82, 2.24) is 24.8 Å². The third-order valence-electron chi connectivity index (χ3n) is 8.73. The molecule has 0 radical (unpaired) electrons. The summed E-state index contributed by atoms with van der Waals surface area (Å²) < 4.78 is 8.57. The lowest BCUT2D eigenvalue weighted by Gasteiger charge is -2.37. The highest BCUT2D eigenvalue weighted by atomic mass is 28.4. The number of nitrogens with zero attached hydrogens (tertiary/aromatic N) is 3. The molecule has 0 fully saturated rings. The van der Waals surface area contributed by atoms with Crippen molar-refractivity contribution in [3.8, 4) is 0 Å². The SMILES string of the molecule is CC(C)(C)[Si](C)(C)OC[C@@H](CCn1ccc2ccc(NC(=O)CCN3C(=O)c4ccccc4C3=O)cc21)NC(=O)c1c[nH]cn1. The third kappa shape index (κ3) is 7.07. The number of H-pyrrole nitrogens is 1. The Morgan fingerprint density at radius 2 is 1.73 bits per heavy atom. The van der Waals surface area contributed by atoms with Gasteiger partial charge in [-0.25, -0.2) is 4.98 Å². The smallest absolute Gasteiger partial charge is 0.271 e. The maximum absolute atomic E-state index is 12.9. The number of imide groups is 1. The molecule has 1 atom stereocenters. The Morgan fingerprint density at radius 3 is 2.38 bits per heavy atom. The lowest BCUT2D eigenvalue weighted by atomic mass is 10.1. The fourth-order valence-corrected chi connectivity index (χ4v) is 6.05. The molecule has 0 aliphatic carbocycles. The molecule has 3 heterocycles. The van der Waals surface area contributed by atoms with Crippen molar-refractivity contribution in [3.63, 3.8) is 0 Å². The molecule has 0 saturated heterocycles. The Balaban J connectivity index is 1.22. The number of hydrogen-bond donors (Lipinski definition) is 3. The highest BCUT2D eigenvalue weighted by Gasteiger charge is 2.38. The molecule has 0 spiro atoms. The largest absolute Gasteiger partial charge is 0.415 e. The summed E-state index contributed by atoms with van der Waals surface area (Å²) in [6, 6.07) is 14.1. The molecule has 11 nitrogen and oxygen atoms in total. The lowest BCUT2D eigenvalue weighted by Crippen LogP contribution is -2.46. The number of hydrogen-bond acceptors (Lipinski definition) is 6. The van der Waals surface area contributed by atoms with Crippen LogP contribution in [0.3, 0.4) is 0 Å². The van der Waals surface area contributed by atoms with Crippen molar-refractivity contribution in [2.75, 3.05) is 18.5 Å². The van der Waals surface area contributed by atoms with Gasteiger partial charge in [0.15, 0.2) is 8.32 Å². The van der Waals surface area contributed by atoms with E-state index in [1.807, 2.05) is 30.5 Å². The first-order valence-corrected chi connectivity index (χ1v) is 18.0. The molecule has 2 aromatic carbocycles. The van der Waals surface area contributed by atoms with E-state index in [1.54, 1.807) is 30.5 Å². The summed E-state index contributed by atoms with van der Waals surface area (Å²) in [5, 5.41) is 7.04. The van der Waals surface area contributed by atoms with Crippen LogP contribution in [-0.4, -0.2) is 70.6 Å². The van der Waals surface area contributed by atoms with E-state index in [4.69, 9.17) is 4.43 Å². The van der Waals surface area contributed by atoms with Crippen LogP contribution in [0.1, 0.15) is 64.8 Å². The van der Waals surface area contributed by atoms with Gasteiger partial charge in [0.25, 0.3) is 17.7 Å². The summed E-state index contributed by atoms with van der Waals surface area (Å²) in [4.78, 5) is 59.0. The van der Waals surface area contributed by atoms with Crippen LogP contribution in [-0.2, 0) is 15.8 Å². The van der Waals surface area contributed by atoms with Crippen LogP contribution in [0, 0.1) is 0 Å². The fraction of sp³-hybridized carbons (Fsp3) is 0.364. The Morgan fingerprint density at radius 1 is 1.02 bits per heavy atom. The Kier molecular flexibility index (Phi) is 9.07. The number of anilines is 1. The third-order valence-corrected chi connectivity index (χ3v) is 13.2. The molecular formula is C33H40N6O5Si. The van der Waals surface area contributed by atoms with E-state index in [2.05, 4.69) is 59.0 Å². The molecule has 1 aliphatic rings. The van der Waals surface area contributed by atoms with Crippen molar-refractivity contribution in [2.45, 2.75) is 64.3 Å². The maximum atomic E-state index is 12.9. The molecule has 45 heavy (non-hydrogen) atoms. The van der Waals surface area contributed by atoms with Gasteiger partial charge in [-0.15, -0.1) is 0 Å². The van der Waals surface area contributed by atoms with E-state index in [-0.39, 0.29) is 47.7 Å². The molecule has 4 aromatic rings. The van der Waals surface area contributed by atoms with E-state index >= 15 is 0 Å². The monoisotopic (exact) mass is 628 g/mol. The second kappa shape index (κ2) is 12.8. The van der Waals surface area contributed by atoms with Gasteiger partial charge in [-0.05, 0) is 60.3 Å². The Hall–Kier alpha value is -4.55. The van der Waals surface area contributed by atoms with Crippen LogP contribution in [0.15, 0.2) is 67.3 Å². The molecule has 5 rings (SSSR count). The zero-order valence-corrected chi connectivity index (χ0v) is 27.3. The van der Waals surface area contributed by atoms with E-state index in [0.29, 0.717) is 42.1 Å². The van der Waals surface area contributed by atoms with E-state index in [0.717, 1.165) is 15.8 Å². The summed E-state index contributed by atoms with van der Waals surface area (Å²) in [5.74, 6) is -1.32. The summed E-state index contributed by atoms with van der Waals surface area (Å²) in [5.41, 5.74) is 2.59. The maximum Gasteiger partial charge on any atom is 0.271 e. The van der Waals surface area contributed by atoms with Crippen LogP contribution >= 0.6 is 0 Å². The molecule has 0 unspecified atom stereocenters. The second-order valence-electron chi connectivity index (χ2n) is 12.9. The van der Waals surface area contributed by atoms with Crippen molar-refractivity contribution in [2.24, 2.45) is 0 Å².